The van der Waals surface area contributed by atoms with Gasteiger partial charge in [0.1, 0.15) is 5.82 Å². The van der Waals surface area contributed by atoms with Gasteiger partial charge in [-0.15, -0.1) is 0 Å². The zero-order valence-corrected chi connectivity index (χ0v) is 17.4. The van der Waals surface area contributed by atoms with Gasteiger partial charge < -0.3 is 19.7 Å². The van der Waals surface area contributed by atoms with Crippen LogP contribution in [0.25, 0.3) is 5.69 Å². The molecule has 0 saturated carbocycles. The fourth-order valence-corrected chi connectivity index (χ4v) is 4.07. The van der Waals surface area contributed by atoms with Crippen molar-refractivity contribution in [2.75, 3.05) is 32.2 Å². The summed E-state index contributed by atoms with van der Waals surface area (Å²) < 4.78 is 25.3. The Kier molecular flexibility index (Phi) is 5.02. The first-order valence-corrected chi connectivity index (χ1v) is 9.97. The Morgan fingerprint density at radius 3 is 2.56 bits per heavy atom. The first kappa shape index (κ1) is 20.1. The highest BCUT2D eigenvalue weighted by molar-refractivity contribution is 6.05. The highest BCUT2D eigenvalue weighted by Gasteiger charge is 2.41. The number of anilines is 1. The molecule has 5 rings (SSSR count). The van der Waals surface area contributed by atoms with Gasteiger partial charge in [-0.05, 0) is 17.7 Å². The zero-order valence-electron chi connectivity index (χ0n) is 17.4. The number of aromatic nitrogens is 5. The molecule has 3 aromatic rings. The van der Waals surface area contributed by atoms with E-state index < -0.39 is 11.9 Å². The van der Waals surface area contributed by atoms with Crippen LogP contribution in [-0.2, 0) is 0 Å². The second-order valence-electron chi connectivity index (χ2n) is 7.39. The third-order valence-corrected chi connectivity index (χ3v) is 5.57. The average Bonchev–Trinajstić information content (AvgIpc) is 3.55. The number of hydrogen-bond donors (Lipinski definition) is 1. The van der Waals surface area contributed by atoms with E-state index >= 15 is 0 Å². The van der Waals surface area contributed by atoms with Gasteiger partial charge in [0, 0.05) is 25.2 Å². The third kappa shape index (κ3) is 3.36. The molecule has 1 fully saturated rings. The molecule has 1 aromatic carbocycles. The number of halogens is 1. The minimum Gasteiger partial charge on any atom is -0.481 e. The maximum Gasteiger partial charge on any atom is 0.236 e. The molecular weight excluding hydrogens is 417 g/mol. The van der Waals surface area contributed by atoms with Crippen LogP contribution < -0.4 is 19.7 Å². The van der Waals surface area contributed by atoms with Crippen molar-refractivity contribution in [3.05, 3.63) is 59.8 Å². The number of hydrogen-bond acceptors (Lipinski definition) is 9. The average molecular weight is 437 g/mol. The van der Waals surface area contributed by atoms with Crippen LogP contribution in [0.1, 0.15) is 10.4 Å². The normalized spacial score (nSPS) is 19.6. The molecule has 1 N–H and O–H groups in total. The van der Waals surface area contributed by atoms with Crippen LogP contribution in [0, 0.1) is 11.7 Å². The molecule has 1 saturated heterocycles. The lowest BCUT2D eigenvalue weighted by molar-refractivity contribution is 0.0962. The van der Waals surface area contributed by atoms with Crippen molar-refractivity contribution in [3.63, 3.8) is 0 Å². The van der Waals surface area contributed by atoms with Gasteiger partial charge in [0.05, 0.1) is 50.0 Å². The summed E-state index contributed by atoms with van der Waals surface area (Å²) in [6.45, 7) is 1.15. The van der Waals surface area contributed by atoms with Crippen molar-refractivity contribution in [1.82, 2.24) is 30.3 Å². The predicted molar refractivity (Wildman–Crippen MR) is 111 cm³/mol. The van der Waals surface area contributed by atoms with E-state index in [4.69, 9.17) is 9.47 Å². The maximum absolute atomic E-state index is 14.8. The molecule has 4 heterocycles. The molecule has 2 aliphatic heterocycles. The van der Waals surface area contributed by atoms with Crippen LogP contribution in [0.15, 0.2) is 48.4 Å². The van der Waals surface area contributed by atoms with Gasteiger partial charge in [0.15, 0.2) is 5.78 Å². The van der Waals surface area contributed by atoms with E-state index in [9.17, 15) is 9.18 Å². The van der Waals surface area contributed by atoms with Crippen molar-refractivity contribution in [3.8, 4) is 17.4 Å². The molecule has 11 heteroatoms. The largest absolute Gasteiger partial charge is 0.481 e. The molecule has 0 amide bonds. The molecule has 2 aromatic heterocycles. The second kappa shape index (κ2) is 8.00. The fraction of sp³-hybridized carbons (Fsp3) is 0.286. The third-order valence-electron chi connectivity index (χ3n) is 5.57. The topological polar surface area (TPSA) is 107 Å². The summed E-state index contributed by atoms with van der Waals surface area (Å²) in [5.41, 5.74) is 1.09. The van der Waals surface area contributed by atoms with Crippen molar-refractivity contribution >= 4 is 11.7 Å². The maximum atomic E-state index is 14.8. The Balaban J connectivity index is 1.48. The summed E-state index contributed by atoms with van der Waals surface area (Å²) in [5.74, 6) is 0.206. The number of carbonyl (C=O) groups is 1. The van der Waals surface area contributed by atoms with Crippen LogP contribution in [0.4, 0.5) is 10.3 Å². The van der Waals surface area contributed by atoms with Gasteiger partial charge in [-0.1, -0.05) is 6.07 Å². The SMILES string of the molecule is COc1cc(OC)nc(N2C=C3C(CNC3C(=O)c3c(F)cccc3-n3nccn3)C2)n1. The Bertz CT molecular complexity index is 1180. The molecule has 2 atom stereocenters. The number of nitrogens with one attached hydrogen (secondary N) is 1. The Morgan fingerprint density at radius 2 is 1.88 bits per heavy atom. The summed E-state index contributed by atoms with van der Waals surface area (Å²) in [6, 6.07) is 5.32. The summed E-state index contributed by atoms with van der Waals surface area (Å²) in [6.07, 6.45) is 4.79. The van der Waals surface area contributed by atoms with Gasteiger partial charge in [0.2, 0.25) is 17.7 Å². The zero-order chi connectivity index (χ0) is 22.2. The predicted octanol–water partition coefficient (Wildman–Crippen LogP) is 1.39. The highest BCUT2D eigenvalue weighted by Crippen LogP contribution is 2.34. The van der Waals surface area contributed by atoms with E-state index in [0.717, 1.165) is 5.57 Å². The van der Waals surface area contributed by atoms with Crippen LogP contribution >= 0.6 is 0 Å². The number of rotatable bonds is 6. The van der Waals surface area contributed by atoms with E-state index in [1.807, 2.05) is 11.1 Å². The molecule has 0 radical (unpaired) electrons. The summed E-state index contributed by atoms with van der Waals surface area (Å²) in [5, 5.41) is 11.3. The molecular formula is C21H20FN7O3. The van der Waals surface area contributed by atoms with Crippen LogP contribution in [0.3, 0.4) is 0 Å². The van der Waals surface area contributed by atoms with E-state index in [1.54, 1.807) is 12.1 Å². The summed E-state index contributed by atoms with van der Waals surface area (Å²) in [7, 11) is 3.03. The number of ether oxygens (including phenoxy) is 2. The van der Waals surface area contributed by atoms with Crippen molar-refractivity contribution in [2.24, 2.45) is 5.92 Å². The van der Waals surface area contributed by atoms with Crippen LogP contribution in [-0.4, -0.2) is 64.1 Å². The van der Waals surface area contributed by atoms with Gasteiger partial charge in [0.25, 0.3) is 0 Å². The van der Waals surface area contributed by atoms with E-state index in [-0.39, 0.29) is 17.3 Å². The fourth-order valence-electron chi connectivity index (χ4n) is 4.07. The standard InChI is InChI=1S/C21H20FN7O3/c1-31-16-8-17(32-2)27-21(26-16)28-10-12-9-23-19(13(12)11-28)20(30)18-14(22)4-3-5-15(18)29-24-6-7-25-29/h3-8,11-12,19,23H,9-10H2,1-2H3. The molecule has 2 unspecified atom stereocenters. The van der Waals surface area contributed by atoms with Gasteiger partial charge >= 0.3 is 0 Å². The summed E-state index contributed by atoms with van der Waals surface area (Å²) >= 11 is 0. The van der Waals surface area contributed by atoms with Crippen molar-refractivity contribution in [1.29, 1.82) is 0 Å². The minimum absolute atomic E-state index is 0.0551. The number of Topliss-reactive ketones (excluding diaryl/α,β-unsaturated/α-hetero) is 1. The Labute approximate surface area is 182 Å². The molecule has 0 aliphatic carbocycles. The molecule has 0 bridgehead atoms. The monoisotopic (exact) mass is 437 g/mol. The van der Waals surface area contributed by atoms with E-state index in [2.05, 4.69) is 25.5 Å². The lowest BCUT2D eigenvalue weighted by Crippen LogP contribution is -2.34. The number of carbonyl (C=O) groups excluding carboxylic acids is 1. The number of ketones is 1. The van der Waals surface area contributed by atoms with Gasteiger partial charge in [-0.25, -0.2) is 4.39 Å². The molecule has 164 valence electrons. The number of fused-ring (bicyclic) bond motifs is 1. The van der Waals surface area contributed by atoms with E-state index in [0.29, 0.717) is 36.5 Å². The smallest absolute Gasteiger partial charge is 0.236 e. The highest BCUT2D eigenvalue weighted by atomic mass is 19.1. The van der Waals surface area contributed by atoms with Crippen LogP contribution in [0.5, 0.6) is 11.8 Å². The quantitative estimate of drug-likeness (QED) is 0.573. The first-order valence-electron chi connectivity index (χ1n) is 9.97. The summed E-state index contributed by atoms with van der Waals surface area (Å²) in [4.78, 5) is 25.3. The van der Waals surface area contributed by atoms with Crippen molar-refractivity contribution in [2.45, 2.75) is 6.04 Å². The first-order chi connectivity index (χ1) is 15.6. The minimum atomic E-state index is -0.677. The van der Waals surface area contributed by atoms with Gasteiger partial charge in [-0.2, -0.15) is 25.0 Å². The lowest BCUT2D eigenvalue weighted by atomic mass is 9.94. The molecule has 2 aliphatic rings. The number of benzene rings is 1. The van der Waals surface area contributed by atoms with Gasteiger partial charge in [-0.3, -0.25) is 4.79 Å². The number of methoxy groups -OCH3 is 2. The Hall–Kier alpha value is -3.86. The Morgan fingerprint density at radius 1 is 1.16 bits per heavy atom. The number of nitrogens with zero attached hydrogens (tertiary/aromatic N) is 6. The molecule has 0 spiro atoms. The second-order valence-corrected chi connectivity index (χ2v) is 7.39. The van der Waals surface area contributed by atoms with Crippen LogP contribution in [0.2, 0.25) is 0 Å². The lowest BCUT2D eigenvalue weighted by Gasteiger charge is -2.17. The molecule has 32 heavy (non-hydrogen) atoms. The molecule has 10 nitrogen and oxygen atoms in total. The van der Waals surface area contributed by atoms with Crippen molar-refractivity contribution < 1.29 is 18.7 Å². The van der Waals surface area contributed by atoms with E-state index in [1.165, 1.54) is 43.5 Å².